The van der Waals surface area contributed by atoms with E-state index in [2.05, 4.69) is 0 Å². The third-order valence-corrected chi connectivity index (χ3v) is 2.61. The Labute approximate surface area is 74.1 Å². The molecular weight excluding hydrogens is 153 g/mol. The van der Waals surface area contributed by atoms with Crippen LogP contribution < -0.4 is 0 Å². The Balaban J connectivity index is 2.67. The number of nitrogens with one attached hydrogen (secondary N) is 1. The maximum Gasteiger partial charge on any atom is 0.463 e. The molecule has 0 aromatic carbocycles. The van der Waals surface area contributed by atoms with Crippen LogP contribution in [0, 0.1) is 5.41 Å². The van der Waals surface area contributed by atoms with E-state index in [9.17, 15) is 0 Å². The van der Waals surface area contributed by atoms with Gasteiger partial charge in [0, 0.05) is 6.32 Å². The Morgan fingerprint density at radius 2 is 1.58 bits per heavy atom. The van der Waals surface area contributed by atoms with Crippen molar-refractivity contribution in [3.63, 3.8) is 0 Å². The van der Waals surface area contributed by atoms with E-state index in [0.29, 0.717) is 6.32 Å². The van der Waals surface area contributed by atoms with Crippen LogP contribution in [0.25, 0.3) is 0 Å². The normalized spacial score (nSPS) is 25.8. The Bertz CT molecular complexity index is 175. The molecule has 0 aromatic rings. The van der Waals surface area contributed by atoms with E-state index in [-0.39, 0.29) is 18.3 Å². The van der Waals surface area contributed by atoms with E-state index in [1.54, 1.807) is 0 Å². The van der Waals surface area contributed by atoms with Crippen LogP contribution in [-0.4, -0.2) is 24.5 Å². The van der Waals surface area contributed by atoms with Gasteiger partial charge in [0.15, 0.2) is 0 Å². The molecule has 1 aliphatic rings. The maximum absolute atomic E-state index is 6.94. The molecule has 0 amide bonds. The Kier molecular flexibility index (Phi) is 2.32. The summed E-state index contributed by atoms with van der Waals surface area (Å²) in [5, 5.41) is 6.94. The highest BCUT2D eigenvalue weighted by atomic mass is 16.7. The molecule has 0 saturated carbocycles. The lowest BCUT2D eigenvalue weighted by molar-refractivity contribution is 0.00578. The fourth-order valence-corrected chi connectivity index (χ4v) is 1.16. The van der Waals surface area contributed by atoms with Gasteiger partial charge >= 0.3 is 7.12 Å². The van der Waals surface area contributed by atoms with Gasteiger partial charge in [-0.3, -0.25) is 0 Å². The lowest BCUT2D eigenvalue weighted by atomic mass is 9.86. The molecule has 0 bridgehead atoms. The van der Waals surface area contributed by atoms with Gasteiger partial charge in [-0.05, 0) is 33.9 Å². The van der Waals surface area contributed by atoms with Crippen molar-refractivity contribution < 1.29 is 9.31 Å². The summed E-state index contributed by atoms with van der Waals surface area (Å²) in [6, 6.07) is 0. The quantitative estimate of drug-likeness (QED) is 0.505. The van der Waals surface area contributed by atoms with Crippen LogP contribution in [0.2, 0.25) is 6.32 Å². The lowest BCUT2D eigenvalue weighted by Crippen LogP contribution is -2.41. The third kappa shape index (κ3) is 1.54. The van der Waals surface area contributed by atoms with Crippen molar-refractivity contribution in [1.82, 2.24) is 0 Å². The van der Waals surface area contributed by atoms with Gasteiger partial charge in [0.2, 0.25) is 0 Å². The van der Waals surface area contributed by atoms with Gasteiger partial charge in [-0.15, -0.1) is 0 Å². The van der Waals surface area contributed by atoms with Gasteiger partial charge in [0.05, 0.1) is 11.2 Å². The molecule has 0 aliphatic carbocycles. The molecule has 0 radical (unpaired) electrons. The van der Waals surface area contributed by atoms with Gasteiger partial charge in [-0.2, -0.15) is 0 Å². The van der Waals surface area contributed by atoms with Crippen LogP contribution in [0.1, 0.15) is 27.7 Å². The zero-order valence-electron chi connectivity index (χ0n) is 8.18. The summed E-state index contributed by atoms with van der Waals surface area (Å²) in [6.45, 7) is 8.04. The first kappa shape index (κ1) is 9.74. The van der Waals surface area contributed by atoms with Gasteiger partial charge in [0.1, 0.15) is 0 Å². The molecule has 0 atom stereocenters. The second-order valence-corrected chi connectivity index (χ2v) is 4.13. The summed E-state index contributed by atoms with van der Waals surface area (Å²) in [5.41, 5.74) is -0.526. The smallest absolute Gasteiger partial charge is 0.403 e. The number of hydrogen-bond acceptors (Lipinski definition) is 3. The van der Waals surface area contributed by atoms with Crippen molar-refractivity contribution in [2.75, 3.05) is 0 Å². The minimum Gasteiger partial charge on any atom is -0.403 e. The molecule has 1 fully saturated rings. The summed E-state index contributed by atoms with van der Waals surface area (Å²) in [5.74, 6) is 0. The van der Waals surface area contributed by atoms with Gasteiger partial charge < -0.3 is 14.7 Å². The minimum absolute atomic E-state index is 0.243. The standard InChI is InChI=1S/C8H16BNO2/c1-7(2)8(3,4)12-9(11-7)5-6-10/h6,10H,5H2,1-4H3. The van der Waals surface area contributed by atoms with Crippen molar-refractivity contribution in [3.05, 3.63) is 0 Å². The molecule has 0 unspecified atom stereocenters. The van der Waals surface area contributed by atoms with E-state index in [4.69, 9.17) is 14.7 Å². The van der Waals surface area contributed by atoms with Gasteiger partial charge in [-0.1, -0.05) is 0 Å². The fraction of sp³-hybridized carbons (Fsp3) is 0.875. The summed E-state index contributed by atoms with van der Waals surface area (Å²) in [6.07, 6.45) is 1.86. The van der Waals surface area contributed by atoms with Gasteiger partial charge in [0.25, 0.3) is 0 Å². The summed E-state index contributed by atoms with van der Waals surface area (Å²) in [7, 11) is -0.243. The highest BCUT2D eigenvalue weighted by Crippen LogP contribution is 2.37. The molecule has 12 heavy (non-hydrogen) atoms. The second kappa shape index (κ2) is 2.85. The van der Waals surface area contributed by atoms with Crippen LogP contribution in [0.5, 0.6) is 0 Å². The van der Waals surface area contributed by atoms with Crippen molar-refractivity contribution >= 4 is 13.3 Å². The first-order chi connectivity index (χ1) is 5.39. The average Bonchev–Trinajstić information content (AvgIpc) is 2.02. The van der Waals surface area contributed by atoms with E-state index in [1.165, 1.54) is 6.21 Å². The van der Waals surface area contributed by atoms with Crippen LogP contribution >= 0.6 is 0 Å². The molecule has 1 saturated heterocycles. The molecule has 1 aliphatic heterocycles. The van der Waals surface area contributed by atoms with Crippen molar-refractivity contribution in [1.29, 1.82) is 5.41 Å². The third-order valence-electron chi connectivity index (χ3n) is 2.61. The molecule has 4 heteroatoms. The lowest BCUT2D eigenvalue weighted by Gasteiger charge is -2.32. The van der Waals surface area contributed by atoms with Crippen LogP contribution in [0.3, 0.4) is 0 Å². The zero-order chi connectivity index (χ0) is 9.41. The molecule has 3 nitrogen and oxygen atoms in total. The second-order valence-electron chi connectivity index (χ2n) is 4.13. The highest BCUT2D eigenvalue weighted by molar-refractivity contribution is 6.49. The summed E-state index contributed by atoms with van der Waals surface area (Å²) < 4.78 is 11.3. The highest BCUT2D eigenvalue weighted by Gasteiger charge is 2.50. The molecule has 0 aromatic heterocycles. The zero-order valence-corrected chi connectivity index (χ0v) is 8.18. The predicted molar refractivity (Wildman–Crippen MR) is 49.7 cm³/mol. The van der Waals surface area contributed by atoms with Crippen LogP contribution in [-0.2, 0) is 9.31 Å². The maximum atomic E-state index is 6.94. The first-order valence-electron chi connectivity index (χ1n) is 4.23. The summed E-state index contributed by atoms with van der Waals surface area (Å²) in [4.78, 5) is 0. The topological polar surface area (TPSA) is 42.3 Å². The van der Waals surface area contributed by atoms with E-state index in [0.717, 1.165) is 0 Å². The van der Waals surface area contributed by atoms with Gasteiger partial charge in [-0.25, -0.2) is 0 Å². The summed E-state index contributed by atoms with van der Waals surface area (Å²) >= 11 is 0. The van der Waals surface area contributed by atoms with Crippen molar-refractivity contribution in [3.8, 4) is 0 Å². The van der Waals surface area contributed by atoms with E-state index < -0.39 is 0 Å². The predicted octanol–water partition coefficient (Wildman–Crippen LogP) is 1.73. The minimum atomic E-state index is -0.263. The Morgan fingerprint density at radius 1 is 1.17 bits per heavy atom. The van der Waals surface area contributed by atoms with Crippen LogP contribution in [0.4, 0.5) is 0 Å². The Hall–Kier alpha value is -0.345. The molecule has 1 heterocycles. The largest absolute Gasteiger partial charge is 0.463 e. The molecule has 1 rings (SSSR count). The number of hydrogen-bond donors (Lipinski definition) is 1. The Morgan fingerprint density at radius 3 is 1.92 bits per heavy atom. The van der Waals surface area contributed by atoms with Crippen LogP contribution in [0.15, 0.2) is 0 Å². The molecular formula is C8H16BNO2. The molecule has 0 spiro atoms. The SMILES string of the molecule is CC1(C)OB(CC=N)OC1(C)C. The monoisotopic (exact) mass is 169 g/mol. The van der Waals surface area contributed by atoms with E-state index >= 15 is 0 Å². The molecule has 1 N–H and O–H groups in total. The van der Waals surface area contributed by atoms with E-state index in [1.807, 2.05) is 27.7 Å². The first-order valence-corrected chi connectivity index (χ1v) is 4.23. The average molecular weight is 169 g/mol. The van der Waals surface area contributed by atoms with Crippen molar-refractivity contribution in [2.45, 2.75) is 45.2 Å². The number of rotatable bonds is 2. The van der Waals surface area contributed by atoms with Crippen molar-refractivity contribution in [2.24, 2.45) is 0 Å². The molecule has 68 valence electrons. The fourth-order valence-electron chi connectivity index (χ4n) is 1.16.